The van der Waals surface area contributed by atoms with Gasteiger partial charge >= 0.3 is 0 Å². The molecule has 1 heterocycles. The summed E-state index contributed by atoms with van der Waals surface area (Å²) >= 11 is 15.4. The predicted molar refractivity (Wildman–Crippen MR) is 97.2 cm³/mol. The standard InChI is InChI=1S/C16H14Cl2FNS2/c17-9-3-6-16-21-15-5-2-1-4-14(15)20(22-16)11-7-8-13(19)12(18)10-11/h1-2,4-5,7-8,10,16H,3,6,9H2. The molecule has 6 heteroatoms. The highest BCUT2D eigenvalue weighted by Gasteiger charge is 2.27. The molecule has 1 atom stereocenters. The Morgan fingerprint density at radius 1 is 1.18 bits per heavy atom. The lowest BCUT2D eigenvalue weighted by Crippen LogP contribution is -2.18. The lowest BCUT2D eigenvalue weighted by atomic mass is 10.2. The monoisotopic (exact) mass is 373 g/mol. The summed E-state index contributed by atoms with van der Waals surface area (Å²) in [5, 5.41) is 0.145. The molecular weight excluding hydrogens is 360 g/mol. The Hall–Kier alpha value is -0.550. The first kappa shape index (κ1) is 16.3. The van der Waals surface area contributed by atoms with E-state index >= 15 is 0 Å². The van der Waals surface area contributed by atoms with Gasteiger partial charge in [-0.25, -0.2) is 4.39 Å². The molecule has 0 amide bonds. The van der Waals surface area contributed by atoms with Crippen molar-refractivity contribution in [2.75, 3.05) is 10.2 Å². The van der Waals surface area contributed by atoms with Crippen molar-refractivity contribution in [3.8, 4) is 0 Å². The lowest BCUT2D eigenvalue weighted by Gasteiger charge is -2.34. The minimum absolute atomic E-state index is 0.145. The third kappa shape index (κ3) is 3.51. The van der Waals surface area contributed by atoms with Gasteiger partial charge in [0.2, 0.25) is 0 Å². The fraction of sp³-hybridized carbons (Fsp3) is 0.250. The van der Waals surface area contributed by atoms with E-state index in [1.165, 1.54) is 11.0 Å². The number of alkyl halides is 1. The van der Waals surface area contributed by atoms with E-state index in [0.717, 1.165) is 24.2 Å². The lowest BCUT2D eigenvalue weighted by molar-refractivity contribution is 0.628. The van der Waals surface area contributed by atoms with E-state index in [-0.39, 0.29) is 5.02 Å². The summed E-state index contributed by atoms with van der Waals surface area (Å²) in [5.74, 6) is 0.274. The van der Waals surface area contributed by atoms with Gasteiger partial charge in [-0.05, 0) is 55.1 Å². The molecule has 0 bridgehead atoms. The molecule has 0 N–H and O–H groups in total. The molecule has 0 radical (unpaired) electrons. The number of hydrogen-bond donors (Lipinski definition) is 0. The first-order valence-electron chi connectivity index (χ1n) is 6.92. The number of para-hydroxylation sites is 1. The zero-order chi connectivity index (χ0) is 15.5. The van der Waals surface area contributed by atoms with Crippen molar-refractivity contribution < 1.29 is 4.39 Å². The number of anilines is 2. The van der Waals surface area contributed by atoms with E-state index in [2.05, 4.69) is 16.4 Å². The summed E-state index contributed by atoms with van der Waals surface area (Å²) in [6, 6.07) is 13.1. The molecule has 3 rings (SSSR count). The van der Waals surface area contributed by atoms with Gasteiger partial charge in [0, 0.05) is 10.8 Å². The SMILES string of the molecule is Fc1ccc(N2SC(CCCCl)Sc3ccccc32)cc1Cl. The first-order chi connectivity index (χ1) is 10.7. The van der Waals surface area contributed by atoms with Gasteiger partial charge in [-0.15, -0.1) is 23.4 Å². The second kappa shape index (κ2) is 7.35. The second-order valence-corrected chi connectivity index (χ2v) is 8.32. The molecule has 1 aliphatic rings. The molecule has 1 aliphatic heterocycles. The summed E-state index contributed by atoms with van der Waals surface area (Å²) in [7, 11) is 0. The topological polar surface area (TPSA) is 3.24 Å². The maximum Gasteiger partial charge on any atom is 0.141 e. The third-order valence-electron chi connectivity index (χ3n) is 3.28. The van der Waals surface area contributed by atoms with Crippen LogP contribution in [0.4, 0.5) is 15.8 Å². The van der Waals surface area contributed by atoms with Crippen LogP contribution in [0.2, 0.25) is 5.02 Å². The minimum atomic E-state index is -0.395. The average molecular weight is 374 g/mol. The smallest absolute Gasteiger partial charge is 0.141 e. The Labute approximate surface area is 148 Å². The van der Waals surface area contributed by atoms with Crippen LogP contribution >= 0.6 is 46.9 Å². The van der Waals surface area contributed by atoms with Gasteiger partial charge in [0.05, 0.1) is 21.0 Å². The van der Waals surface area contributed by atoms with E-state index < -0.39 is 5.82 Å². The predicted octanol–water partition coefficient (Wildman–Crippen LogP) is 6.72. The van der Waals surface area contributed by atoms with Crippen molar-refractivity contribution in [1.29, 1.82) is 0 Å². The van der Waals surface area contributed by atoms with Crippen LogP contribution in [-0.4, -0.2) is 10.5 Å². The number of halogens is 3. The number of hydrogen-bond acceptors (Lipinski definition) is 3. The Balaban J connectivity index is 1.95. The van der Waals surface area contributed by atoms with Gasteiger partial charge in [0.1, 0.15) is 5.82 Å². The normalized spacial score (nSPS) is 17.4. The van der Waals surface area contributed by atoms with Gasteiger partial charge in [-0.3, -0.25) is 4.31 Å². The van der Waals surface area contributed by atoms with Gasteiger partial charge in [0.15, 0.2) is 0 Å². The second-order valence-electron chi connectivity index (χ2n) is 4.84. The van der Waals surface area contributed by atoms with Crippen LogP contribution in [0.25, 0.3) is 0 Å². The fourth-order valence-electron chi connectivity index (χ4n) is 2.23. The highest BCUT2D eigenvalue weighted by atomic mass is 35.5. The van der Waals surface area contributed by atoms with Gasteiger partial charge < -0.3 is 0 Å². The van der Waals surface area contributed by atoms with Gasteiger partial charge in [-0.2, -0.15) is 0 Å². The molecule has 0 spiro atoms. The molecular formula is C16H14Cl2FNS2. The van der Waals surface area contributed by atoms with Crippen molar-refractivity contribution in [2.45, 2.75) is 22.3 Å². The van der Waals surface area contributed by atoms with E-state index in [1.54, 1.807) is 24.1 Å². The summed E-state index contributed by atoms with van der Waals surface area (Å²) in [6.45, 7) is 0. The summed E-state index contributed by atoms with van der Waals surface area (Å²) in [5.41, 5.74) is 2.00. The molecule has 0 aromatic heterocycles. The highest BCUT2D eigenvalue weighted by Crippen LogP contribution is 2.51. The minimum Gasteiger partial charge on any atom is -0.282 e. The summed E-state index contributed by atoms with van der Waals surface area (Å²) < 4.78 is 16.0. The Kier molecular flexibility index (Phi) is 5.45. The number of nitrogens with zero attached hydrogens (tertiary/aromatic N) is 1. The third-order valence-corrected chi connectivity index (χ3v) is 6.57. The molecule has 0 saturated heterocycles. The largest absolute Gasteiger partial charge is 0.282 e. The van der Waals surface area contributed by atoms with Crippen LogP contribution in [0.5, 0.6) is 0 Å². The molecule has 2 aromatic carbocycles. The first-order valence-corrected chi connectivity index (χ1v) is 9.55. The van der Waals surface area contributed by atoms with Crippen molar-refractivity contribution in [3.63, 3.8) is 0 Å². The van der Waals surface area contributed by atoms with Crippen molar-refractivity contribution in [1.82, 2.24) is 0 Å². The summed E-state index contributed by atoms with van der Waals surface area (Å²) in [4.78, 5) is 1.22. The fourth-order valence-corrected chi connectivity index (χ4v) is 5.38. The zero-order valence-electron chi connectivity index (χ0n) is 11.6. The number of benzene rings is 2. The Morgan fingerprint density at radius 2 is 2.00 bits per heavy atom. The van der Waals surface area contributed by atoms with Gasteiger partial charge in [0.25, 0.3) is 0 Å². The molecule has 2 aromatic rings. The Bertz CT molecular complexity index is 668. The molecule has 116 valence electrons. The van der Waals surface area contributed by atoms with Crippen molar-refractivity contribution in [2.24, 2.45) is 0 Å². The molecule has 0 aliphatic carbocycles. The van der Waals surface area contributed by atoms with Crippen LogP contribution in [0.3, 0.4) is 0 Å². The molecule has 0 saturated carbocycles. The summed E-state index contributed by atoms with van der Waals surface area (Å²) in [6.07, 6.45) is 2.00. The van der Waals surface area contributed by atoms with Crippen molar-refractivity contribution in [3.05, 3.63) is 53.3 Å². The van der Waals surface area contributed by atoms with Crippen molar-refractivity contribution >= 4 is 58.3 Å². The number of fused-ring (bicyclic) bond motifs is 1. The molecule has 22 heavy (non-hydrogen) atoms. The Morgan fingerprint density at radius 3 is 2.77 bits per heavy atom. The van der Waals surface area contributed by atoms with E-state index in [4.69, 9.17) is 23.2 Å². The molecule has 0 fully saturated rings. The zero-order valence-corrected chi connectivity index (χ0v) is 14.8. The van der Waals surface area contributed by atoms with E-state index in [1.807, 2.05) is 23.9 Å². The van der Waals surface area contributed by atoms with Crippen LogP contribution in [0, 0.1) is 5.82 Å². The molecule has 1 nitrogen and oxygen atoms in total. The average Bonchev–Trinajstić information content (AvgIpc) is 2.54. The van der Waals surface area contributed by atoms with Crippen LogP contribution < -0.4 is 4.31 Å². The number of thioether (sulfide) groups is 1. The maximum atomic E-state index is 13.4. The number of rotatable bonds is 4. The van der Waals surface area contributed by atoms with E-state index in [9.17, 15) is 4.39 Å². The van der Waals surface area contributed by atoms with Gasteiger partial charge in [-0.1, -0.05) is 23.7 Å². The van der Waals surface area contributed by atoms with Crippen LogP contribution in [-0.2, 0) is 0 Å². The van der Waals surface area contributed by atoms with Crippen LogP contribution in [0.1, 0.15) is 12.8 Å². The highest BCUT2D eigenvalue weighted by molar-refractivity contribution is 8.18. The van der Waals surface area contributed by atoms with E-state index in [0.29, 0.717) is 10.5 Å². The molecule has 1 unspecified atom stereocenters. The maximum absolute atomic E-state index is 13.4. The van der Waals surface area contributed by atoms with Crippen LogP contribution in [0.15, 0.2) is 47.4 Å². The quantitative estimate of drug-likeness (QED) is 0.432.